The Balaban J connectivity index is 1.98. The van der Waals surface area contributed by atoms with E-state index in [0.717, 1.165) is 34.6 Å². The molecule has 8 heteroatoms. The number of carbonyl (C=O) groups excluding carboxylic acids is 1. The second-order valence-electron chi connectivity index (χ2n) is 7.45. The van der Waals surface area contributed by atoms with Crippen molar-refractivity contribution in [3.8, 4) is 5.69 Å². The number of carbonyl (C=O) groups is 1. The fourth-order valence-corrected chi connectivity index (χ4v) is 3.57. The van der Waals surface area contributed by atoms with E-state index in [1.165, 1.54) is 6.07 Å². The summed E-state index contributed by atoms with van der Waals surface area (Å²) < 4.78 is 34.7. The van der Waals surface area contributed by atoms with Gasteiger partial charge < -0.3 is 10.1 Å². The SMILES string of the molecule is CCOC(=O)c1nc(Nc2ccc(F)cc2F)c2c(C)c(C)n(-c3ccc(C)cc3)c2n1. The van der Waals surface area contributed by atoms with E-state index in [2.05, 4.69) is 15.3 Å². The molecule has 0 amide bonds. The molecule has 0 aliphatic rings. The number of hydrogen-bond acceptors (Lipinski definition) is 5. The van der Waals surface area contributed by atoms with Gasteiger partial charge in [0, 0.05) is 17.4 Å². The number of nitrogens with one attached hydrogen (secondary N) is 1. The van der Waals surface area contributed by atoms with Gasteiger partial charge in [-0.25, -0.2) is 23.5 Å². The number of esters is 1. The van der Waals surface area contributed by atoms with Crippen molar-refractivity contribution in [1.29, 1.82) is 0 Å². The Kier molecular flexibility index (Phi) is 5.61. The molecule has 0 aliphatic heterocycles. The molecule has 2 aromatic carbocycles. The van der Waals surface area contributed by atoms with Gasteiger partial charge in [0.1, 0.15) is 17.5 Å². The number of hydrogen-bond donors (Lipinski definition) is 1. The zero-order valence-electron chi connectivity index (χ0n) is 18.2. The van der Waals surface area contributed by atoms with E-state index in [9.17, 15) is 13.6 Å². The van der Waals surface area contributed by atoms with Gasteiger partial charge in [0.05, 0.1) is 17.7 Å². The van der Waals surface area contributed by atoms with Gasteiger partial charge >= 0.3 is 5.97 Å². The van der Waals surface area contributed by atoms with Crippen molar-refractivity contribution in [2.24, 2.45) is 0 Å². The topological polar surface area (TPSA) is 69.0 Å². The van der Waals surface area contributed by atoms with Crippen LogP contribution in [0.15, 0.2) is 42.5 Å². The number of aromatic nitrogens is 3. The lowest BCUT2D eigenvalue weighted by Gasteiger charge is -2.12. The van der Waals surface area contributed by atoms with Gasteiger partial charge in [0.25, 0.3) is 0 Å². The molecular weight excluding hydrogens is 414 g/mol. The standard InChI is InChI=1S/C24H22F2N4O2/c1-5-32-24(31)22-28-21(27-19-11-8-16(25)12-18(19)26)20-14(3)15(4)30(23(20)29-22)17-9-6-13(2)7-10-17/h6-12H,5H2,1-4H3,(H,27,28,29). The molecule has 2 heterocycles. The molecule has 164 valence electrons. The third-order valence-electron chi connectivity index (χ3n) is 5.29. The van der Waals surface area contributed by atoms with E-state index in [1.54, 1.807) is 6.92 Å². The fourth-order valence-electron chi connectivity index (χ4n) is 3.57. The number of benzene rings is 2. The molecule has 0 radical (unpaired) electrons. The molecular formula is C24H22F2N4O2. The van der Waals surface area contributed by atoms with Crippen molar-refractivity contribution in [2.45, 2.75) is 27.7 Å². The summed E-state index contributed by atoms with van der Waals surface area (Å²) in [5, 5.41) is 3.53. The first-order valence-corrected chi connectivity index (χ1v) is 10.2. The first-order chi connectivity index (χ1) is 15.3. The summed E-state index contributed by atoms with van der Waals surface area (Å²) in [6, 6.07) is 11.1. The molecule has 32 heavy (non-hydrogen) atoms. The van der Waals surface area contributed by atoms with Crippen LogP contribution in [-0.4, -0.2) is 27.1 Å². The molecule has 0 atom stereocenters. The maximum Gasteiger partial charge on any atom is 0.376 e. The number of nitrogens with zero attached hydrogens (tertiary/aromatic N) is 3. The highest BCUT2D eigenvalue weighted by molar-refractivity contribution is 5.98. The Bertz CT molecular complexity index is 1330. The number of ether oxygens (including phenoxy) is 1. The van der Waals surface area contributed by atoms with Gasteiger partial charge in [-0.3, -0.25) is 4.57 Å². The predicted molar refractivity (Wildman–Crippen MR) is 119 cm³/mol. The molecule has 4 aromatic rings. The first kappa shape index (κ1) is 21.4. The Hall–Kier alpha value is -3.81. The lowest BCUT2D eigenvalue weighted by atomic mass is 10.2. The lowest BCUT2D eigenvalue weighted by Crippen LogP contribution is -2.12. The number of fused-ring (bicyclic) bond motifs is 1. The van der Waals surface area contributed by atoms with Gasteiger partial charge in [0.15, 0.2) is 5.65 Å². The van der Waals surface area contributed by atoms with E-state index in [0.29, 0.717) is 11.0 Å². The van der Waals surface area contributed by atoms with Crippen molar-refractivity contribution >= 4 is 28.5 Å². The normalized spacial score (nSPS) is 11.1. The van der Waals surface area contributed by atoms with Crippen LogP contribution in [0.1, 0.15) is 34.4 Å². The van der Waals surface area contributed by atoms with E-state index >= 15 is 0 Å². The van der Waals surface area contributed by atoms with Crippen LogP contribution in [-0.2, 0) is 4.74 Å². The van der Waals surface area contributed by atoms with Crippen molar-refractivity contribution in [1.82, 2.24) is 14.5 Å². The van der Waals surface area contributed by atoms with Crippen molar-refractivity contribution in [3.63, 3.8) is 0 Å². The van der Waals surface area contributed by atoms with Crippen molar-refractivity contribution in [2.75, 3.05) is 11.9 Å². The van der Waals surface area contributed by atoms with Crippen LogP contribution in [0.3, 0.4) is 0 Å². The Labute approximate surface area is 183 Å². The van der Waals surface area contributed by atoms with E-state index in [-0.39, 0.29) is 23.9 Å². The Morgan fingerprint density at radius 3 is 2.44 bits per heavy atom. The smallest absolute Gasteiger partial charge is 0.376 e. The minimum atomic E-state index is -0.776. The number of aryl methyl sites for hydroxylation is 2. The lowest BCUT2D eigenvalue weighted by molar-refractivity contribution is 0.0512. The minimum Gasteiger partial charge on any atom is -0.460 e. The Morgan fingerprint density at radius 1 is 1.06 bits per heavy atom. The summed E-state index contributed by atoms with van der Waals surface area (Å²) in [6.45, 7) is 7.68. The molecule has 2 aromatic heterocycles. The number of anilines is 2. The Morgan fingerprint density at radius 2 is 1.78 bits per heavy atom. The van der Waals surface area contributed by atoms with Crippen molar-refractivity contribution in [3.05, 3.63) is 76.7 Å². The molecule has 1 N–H and O–H groups in total. The second-order valence-corrected chi connectivity index (χ2v) is 7.45. The van der Waals surface area contributed by atoms with Crippen LogP contribution >= 0.6 is 0 Å². The molecule has 0 fully saturated rings. The summed E-state index contributed by atoms with van der Waals surface area (Å²) >= 11 is 0. The minimum absolute atomic E-state index is 0.0290. The zero-order chi connectivity index (χ0) is 23.0. The molecule has 0 bridgehead atoms. The van der Waals surface area contributed by atoms with Crippen LogP contribution in [0.4, 0.5) is 20.3 Å². The molecule has 6 nitrogen and oxygen atoms in total. The highest BCUT2D eigenvalue weighted by atomic mass is 19.1. The van der Waals surface area contributed by atoms with Crippen LogP contribution in [0, 0.1) is 32.4 Å². The molecule has 0 saturated carbocycles. The quantitative estimate of drug-likeness (QED) is 0.416. The van der Waals surface area contributed by atoms with Gasteiger partial charge in [0.2, 0.25) is 5.82 Å². The van der Waals surface area contributed by atoms with Gasteiger partial charge in [-0.1, -0.05) is 17.7 Å². The van der Waals surface area contributed by atoms with E-state index in [4.69, 9.17) is 4.74 Å². The summed E-state index contributed by atoms with van der Waals surface area (Å²) in [6.07, 6.45) is 0. The third-order valence-corrected chi connectivity index (χ3v) is 5.29. The third kappa shape index (κ3) is 3.79. The predicted octanol–water partition coefficient (Wildman–Crippen LogP) is 5.54. The van der Waals surface area contributed by atoms with E-state index < -0.39 is 17.6 Å². The number of rotatable bonds is 5. The van der Waals surface area contributed by atoms with Crippen LogP contribution in [0.5, 0.6) is 0 Å². The summed E-state index contributed by atoms with van der Waals surface area (Å²) in [4.78, 5) is 21.3. The highest BCUT2D eigenvalue weighted by Crippen LogP contribution is 2.34. The second kappa shape index (κ2) is 8.37. The van der Waals surface area contributed by atoms with Crippen LogP contribution in [0.2, 0.25) is 0 Å². The first-order valence-electron chi connectivity index (χ1n) is 10.2. The molecule has 0 spiro atoms. The highest BCUT2D eigenvalue weighted by Gasteiger charge is 2.23. The largest absolute Gasteiger partial charge is 0.460 e. The van der Waals surface area contributed by atoms with Crippen molar-refractivity contribution < 1.29 is 18.3 Å². The number of halogens is 2. The van der Waals surface area contributed by atoms with Gasteiger partial charge in [-0.2, -0.15) is 0 Å². The summed E-state index contributed by atoms with van der Waals surface area (Å²) in [5.41, 5.74) is 4.23. The molecule has 4 rings (SSSR count). The van der Waals surface area contributed by atoms with Gasteiger partial charge in [-0.05, 0) is 57.5 Å². The van der Waals surface area contributed by atoms with E-state index in [1.807, 2.05) is 49.6 Å². The summed E-state index contributed by atoms with van der Waals surface area (Å²) in [7, 11) is 0. The maximum absolute atomic E-state index is 14.4. The molecule has 0 aliphatic carbocycles. The summed E-state index contributed by atoms with van der Waals surface area (Å²) in [5.74, 6) is -2.08. The van der Waals surface area contributed by atoms with Crippen LogP contribution < -0.4 is 5.32 Å². The van der Waals surface area contributed by atoms with Crippen LogP contribution in [0.25, 0.3) is 16.7 Å². The molecule has 0 saturated heterocycles. The molecule has 0 unspecified atom stereocenters. The van der Waals surface area contributed by atoms with Gasteiger partial charge in [-0.15, -0.1) is 0 Å². The fraction of sp³-hybridized carbons (Fsp3) is 0.208. The zero-order valence-corrected chi connectivity index (χ0v) is 18.2. The average molecular weight is 436 g/mol. The maximum atomic E-state index is 14.4. The monoisotopic (exact) mass is 436 g/mol. The average Bonchev–Trinajstić information content (AvgIpc) is 3.01.